The first-order chi connectivity index (χ1) is 18.4. The fraction of sp³-hybridized carbons (Fsp3) is 0.250. The molecular weight excluding hydrogens is 532 g/mol. The van der Waals surface area contributed by atoms with E-state index in [0.717, 1.165) is 21.8 Å². The van der Waals surface area contributed by atoms with Gasteiger partial charge >= 0.3 is 0 Å². The normalized spacial score (nSPS) is 12.3. The molecule has 0 fully saturated rings. The quantitative estimate of drug-likeness (QED) is 0.127. The highest BCUT2D eigenvalue weighted by molar-refractivity contribution is 7.91. The second-order valence-corrected chi connectivity index (χ2v) is 11.1. The first kappa shape index (κ1) is 27.3. The van der Waals surface area contributed by atoms with Crippen LogP contribution in [0, 0.1) is 0 Å². The monoisotopic (exact) mass is 558 g/mol. The molecule has 1 amide bonds. The third kappa shape index (κ3) is 6.99. The minimum atomic E-state index is -3.81. The number of sulfonamides is 1. The molecule has 0 aliphatic carbocycles. The summed E-state index contributed by atoms with van der Waals surface area (Å²) in [5.74, 6) is -0.0368. The number of methoxy groups -OCH3 is 1. The van der Waals surface area contributed by atoms with E-state index in [1.54, 1.807) is 61.3 Å². The molecule has 4 aromatic rings. The molecule has 0 radical (unpaired) electrons. The zero-order valence-electron chi connectivity index (χ0n) is 20.4. The summed E-state index contributed by atoms with van der Waals surface area (Å²) in [6.45, 7) is 0.736. The van der Waals surface area contributed by atoms with Crippen molar-refractivity contribution in [1.29, 1.82) is 0 Å². The minimum absolute atomic E-state index is 0.137. The van der Waals surface area contributed by atoms with Gasteiger partial charge in [0.2, 0.25) is 10.0 Å². The highest BCUT2D eigenvalue weighted by atomic mass is 32.2. The summed E-state index contributed by atoms with van der Waals surface area (Å²) in [6.07, 6.45) is 3.30. The molecule has 0 aliphatic heterocycles. The summed E-state index contributed by atoms with van der Waals surface area (Å²) in [5.41, 5.74) is 3.42. The lowest BCUT2D eigenvalue weighted by Gasteiger charge is -2.15. The third-order valence-corrected chi connectivity index (χ3v) is 8.41. The van der Waals surface area contributed by atoms with Crippen LogP contribution in [0.5, 0.6) is 5.75 Å². The Labute approximate surface area is 223 Å². The molecule has 3 aromatic heterocycles. The molecule has 1 aromatic carbocycles. The Bertz CT molecular complexity index is 1440. The smallest absolute Gasteiger partial charge is 0.268 e. The van der Waals surface area contributed by atoms with Gasteiger partial charge < -0.3 is 9.47 Å². The van der Waals surface area contributed by atoms with Crippen LogP contribution in [0.1, 0.15) is 17.3 Å². The van der Waals surface area contributed by atoms with Gasteiger partial charge in [0.25, 0.3) is 5.91 Å². The van der Waals surface area contributed by atoms with Crippen molar-refractivity contribution in [1.82, 2.24) is 30.2 Å². The Kier molecular flexibility index (Phi) is 9.15. The SMILES string of the molecule is COCCOc1ccc(CC(C(=O)NO)n2cc(CNS(=O)(=O)c3ccc(-c4ccccn4)s3)nn2)cc1. The predicted molar refractivity (Wildman–Crippen MR) is 138 cm³/mol. The average molecular weight is 559 g/mol. The molecule has 0 saturated carbocycles. The topological polar surface area (TPSA) is 158 Å². The summed E-state index contributed by atoms with van der Waals surface area (Å²) in [7, 11) is -2.22. The summed E-state index contributed by atoms with van der Waals surface area (Å²) >= 11 is 1.10. The number of pyridine rings is 1. The van der Waals surface area contributed by atoms with Crippen molar-refractivity contribution in [2.45, 2.75) is 23.2 Å². The lowest BCUT2D eigenvalue weighted by molar-refractivity contribution is -0.133. The predicted octanol–water partition coefficient (Wildman–Crippen LogP) is 2.19. The molecule has 0 spiro atoms. The molecule has 14 heteroatoms. The van der Waals surface area contributed by atoms with Crippen LogP contribution >= 0.6 is 11.3 Å². The van der Waals surface area contributed by atoms with E-state index in [2.05, 4.69) is 20.0 Å². The average Bonchev–Trinajstić information content (AvgIpc) is 3.63. The van der Waals surface area contributed by atoms with E-state index in [-0.39, 0.29) is 17.2 Å². The zero-order chi connectivity index (χ0) is 27.0. The maximum absolute atomic E-state index is 12.8. The molecule has 200 valence electrons. The number of thiophene rings is 1. The van der Waals surface area contributed by atoms with Crippen LogP contribution in [-0.4, -0.2) is 59.8 Å². The summed E-state index contributed by atoms with van der Waals surface area (Å²) in [4.78, 5) is 17.4. The van der Waals surface area contributed by atoms with Crippen LogP contribution in [0.15, 0.2) is 71.2 Å². The van der Waals surface area contributed by atoms with Gasteiger partial charge in [-0.3, -0.25) is 15.0 Å². The summed E-state index contributed by atoms with van der Waals surface area (Å²) < 4.78 is 40.0. The van der Waals surface area contributed by atoms with E-state index in [1.165, 1.54) is 16.9 Å². The molecule has 0 saturated heterocycles. The van der Waals surface area contributed by atoms with Crippen molar-refractivity contribution in [3.8, 4) is 16.3 Å². The maximum Gasteiger partial charge on any atom is 0.268 e. The number of benzene rings is 1. The lowest BCUT2D eigenvalue weighted by atomic mass is 10.1. The van der Waals surface area contributed by atoms with Crippen molar-refractivity contribution < 1.29 is 27.9 Å². The number of ether oxygens (including phenoxy) is 2. The number of nitrogens with zero attached hydrogens (tertiary/aromatic N) is 4. The van der Waals surface area contributed by atoms with E-state index < -0.39 is 22.0 Å². The van der Waals surface area contributed by atoms with Gasteiger partial charge in [-0.2, -0.15) is 0 Å². The number of hydrogen-bond donors (Lipinski definition) is 3. The Morgan fingerprint density at radius 2 is 1.95 bits per heavy atom. The second-order valence-electron chi connectivity index (χ2n) is 8.03. The molecule has 3 heterocycles. The lowest BCUT2D eigenvalue weighted by Crippen LogP contribution is -2.32. The first-order valence-electron chi connectivity index (χ1n) is 11.5. The number of rotatable bonds is 13. The number of hydroxylamine groups is 1. The largest absolute Gasteiger partial charge is 0.491 e. The molecule has 12 nitrogen and oxygen atoms in total. The Morgan fingerprint density at radius 3 is 2.66 bits per heavy atom. The van der Waals surface area contributed by atoms with Gasteiger partial charge in [-0.1, -0.05) is 23.4 Å². The number of nitrogens with one attached hydrogen (secondary N) is 2. The van der Waals surface area contributed by atoms with Crippen molar-refractivity contribution in [3.05, 3.63) is 78.2 Å². The highest BCUT2D eigenvalue weighted by Crippen LogP contribution is 2.29. The number of hydrogen-bond acceptors (Lipinski definition) is 10. The molecule has 1 atom stereocenters. The fourth-order valence-corrected chi connectivity index (χ4v) is 5.79. The Morgan fingerprint density at radius 1 is 1.13 bits per heavy atom. The molecular formula is C24H26N6O6S2. The second kappa shape index (κ2) is 12.7. The van der Waals surface area contributed by atoms with Gasteiger partial charge in [-0.25, -0.2) is 23.3 Å². The van der Waals surface area contributed by atoms with E-state index in [1.807, 2.05) is 6.07 Å². The van der Waals surface area contributed by atoms with Crippen LogP contribution < -0.4 is 14.9 Å². The Balaban J connectivity index is 1.41. The minimum Gasteiger partial charge on any atom is -0.491 e. The number of carbonyl (C=O) groups excluding carboxylic acids is 1. The summed E-state index contributed by atoms with van der Waals surface area (Å²) in [6, 6.07) is 14.9. The van der Waals surface area contributed by atoms with E-state index in [9.17, 15) is 18.4 Å². The summed E-state index contributed by atoms with van der Waals surface area (Å²) in [5, 5.41) is 17.2. The molecule has 38 heavy (non-hydrogen) atoms. The highest BCUT2D eigenvalue weighted by Gasteiger charge is 2.23. The molecule has 0 aliphatic rings. The van der Waals surface area contributed by atoms with Gasteiger partial charge in [0, 0.05) is 19.7 Å². The van der Waals surface area contributed by atoms with Crippen LogP contribution in [0.3, 0.4) is 0 Å². The molecule has 1 unspecified atom stereocenters. The van der Waals surface area contributed by atoms with Crippen LogP contribution in [-0.2, 0) is 32.5 Å². The van der Waals surface area contributed by atoms with Crippen molar-refractivity contribution in [2.24, 2.45) is 0 Å². The Hall–Kier alpha value is -3.69. The van der Waals surface area contributed by atoms with Crippen LogP contribution in [0.4, 0.5) is 0 Å². The van der Waals surface area contributed by atoms with Gasteiger partial charge in [0.15, 0.2) is 0 Å². The number of aromatic nitrogens is 4. The first-order valence-corrected chi connectivity index (χ1v) is 13.8. The zero-order valence-corrected chi connectivity index (χ0v) is 22.0. The van der Waals surface area contributed by atoms with Gasteiger partial charge in [0.05, 0.1) is 35.6 Å². The standard InChI is InChI=1S/C24H26N6O6S2/c1-35-12-13-36-19-7-5-17(6-8-19)14-21(24(31)28-32)30-16-18(27-29-30)15-26-38(33,34)23-10-9-22(37-23)20-4-2-3-11-25-20/h2-11,16,21,26,32H,12-15H2,1H3,(H,28,31). The van der Waals surface area contributed by atoms with Crippen LogP contribution in [0.2, 0.25) is 0 Å². The van der Waals surface area contributed by atoms with Crippen molar-refractivity contribution >= 4 is 27.3 Å². The van der Waals surface area contributed by atoms with E-state index >= 15 is 0 Å². The maximum atomic E-state index is 12.8. The van der Waals surface area contributed by atoms with Gasteiger partial charge in [-0.15, -0.1) is 16.4 Å². The van der Waals surface area contributed by atoms with Crippen LogP contribution in [0.25, 0.3) is 10.6 Å². The molecule has 3 N–H and O–H groups in total. The fourth-order valence-electron chi connectivity index (χ4n) is 3.47. The number of amides is 1. The third-order valence-electron chi connectivity index (χ3n) is 5.41. The van der Waals surface area contributed by atoms with Gasteiger partial charge in [0.1, 0.15) is 22.6 Å². The van der Waals surface area contributed by atoms with E-state index in [0.29, 0.717) is 30.4 Å². The number of carbonyl (C=O) groups is 1. The molecule has 4 rings (SSSR count). The van der Waals surface area contributed by atoms with Gasteiger partial charge in [-0.05, 0) is 42.0 Å². The molecule has 0 bridgehead atoms. The van der Waals surface area contributed by atoms with E-state index in [4.69, 9.17) is 9.47 Å². The van der Waals surface area contributed by atoms with Crippen molar-refractivity contribution in [3.63, 3.8) is 0 Å². The van der Waals surface area contributed by atoms with Crippen molar-refractivity contribution in [2.75, 3.05) is 20.3 Å².